The molecule has 0 radical (unpaired) electrons. The molecule has 1 rings (SSSR count). The van der Waals surface area contributed by atoms with Crippen molar-refractivity contribution in [2.45, 2.75) is 26.3 Å². The van der Waals surface area contributed by atoms with Gasteiger partial charge in [0.1, 0.15) is 0 Å². The topological polar surface area (TPSA) is 39.7 Å². The summed E-state index contributed by atoms with van der Waals surface area (Å²) in [5.74, 6) is 1.52. The quantitative estimate of drug-likeness (QED) is 0.698. The molecule has 1 N–H and O–H groups in total. The fourth-order valence-electron chi connectivity index (χ4n) is 2.04. The third-order valence-corrected chi connectivity index (χ3v) is 2.89. The lowest BCUT2D eigenvalue weighted by Gasteiger charge is -2.22. The van der Waals surface area contributed by atoms with E-state index >= 15 is 0 Å². The van der Waals surface area contributed by atoms with Crippen LogP contribution >= 0.6 is 0 Å². The smallest absolute Gasteiger partial charge is 0.165 e. The second-order valence-electron chi connectivity index (χ2n) is 4.27. The number of nitrogens with one attached hydrogen (secondary N) is 1. The van der Waals surface area contributed by atoms with Gasteiger partial charge in [0.05, 0.1) is 26.9 Å². The normalized spacial score (nSPS) is 12.2. The zero-order chi connectivity index (χ0) is 14.1. The van der Waals surface area contributed by atoms with E-state index in [9.17, 15) is 0 Å². The van der Waals surface area contributed by atoms with Gasteiger partial charge in [0.2, 0.25) is 0 Å². The molecule has 0 aliphatic heterocycles. The van der Waals surface area contributed by atoms with Gasteiger partial charge in [-0.3, -0.25) is 0 Å². The first-order valence-electron chi connectivity index (χ1n) is 6.80. The molecule has 1 aromatic carbocycles. The predicted molar refractivity (Wildman–Crippen MR) is 77.1 cm³/mol. The van der Waals surface area contributed by atoms with E-state index in [1.165, 1.54) is 0 Å². The lowest BCUT2D eigenvalue weighted by atomic mass is 10.1. The Bertz CT molecular complexity index is 368. The van der Waals surface area contributed by atoms with Gasteiger partial charge >= 0.3 is 0 Å². The van der Waals surface area contributed by atoms with Gasteiger partial charge in [0.25, 0.3) is 0 Å². The highest BCUT2D eigenvalue weighted by molar-refractivity contribution is 5.48. The fraction of sp³-hybridized carbons (Fsp3) is 0.600. The van der Waals surface area contributed by atoms with Crippen LogP contribution in [-0.4, -0.2) is 34.0 Å². The van der Waals surface area contributed by atoms with Gasteiger partial charge in [0, 0.05) is 12.2 Å². The van der Waals surface area contributed by atoms with E-state index in [0.29, 0.717) is 6.61 Å². The zero-order valence-electron chi connectivity index (χ0n) is 12.4. The van der Waals surface area contributed by atoms with Crippen LogP contribution in [-0.2, 0) is 4.74 Å². The predicted octanol–water partition coefficient (Wildman–Crippen LogP) is 2.78. The van der Waals surface area contributed by atoms with Crippen LogP contribution in [0.4, 0.5) is 0 Å². The third-order valence-electron chi connectivity index (χ3n) is 2.89. The zero-order valence-corrected chi connectivity index (χ0v) is 12.4. The SMILES string of the molecule is CCCOCC(NCC)c1cccc(OC)c1OC. The Morgan fingerprint density at radius 1 is 1.16 bits per heavy atom. The standard InChI is InChI=1S/C15H25NO3/c1-5-10-19-11-13(16-6-2)12-8-7-9-14(17-3)15(12)18-4/h7-9,13,16H,5-6,10-11H2,1-4H3. The van der Waals surface area contributed by atoms with Crippen molar-refractivity contribution in [3.8, 4) is 11.5 Å². The molecule has 0 saturated carbocycles. The molecule has 0 heterocycles. The van der Waals surface area contributed by atoms with E-state index in [4.69, 9.17) is 14.2 Å². The van der Waals surface area contributed by atoms with Gasteiger partial charge in [-0.1, -0.05) is 26.0 Å². The summed E-state index contributed by atoms with van der Waals surface area (Å²) in [5.41, 5.74) is 1.07. The first-order chi connectivity index (χ1) is 9.28. The maximum absolute atomic E-state index is 5.67. The summed E-state index contributed by atoms with van der Waals surface area (Å²) in [4.78, 5) is 0. The molecular weight excluding hydrogens is 242 g/mol. The molecule has 19 heavy (non-hydrogen) atoms. The highest BCUT2D eigenvalue weighted by Crippen LogP contribution is 2.34. The van der Waals surface area contributed by atoms with E-state index in [1.807, 2.05) is 18.2 Å². The van der Waals surface area contributed by atoms with Crippen LogP contribution in [0.1, 0.15) is 31.9 Å². The Labute approximate surface area is 116 Å². The monoisotopic (exact) mass is 267 g/mol. The summed E-state index contributed by atoms with van der Waals surface area (Å²) in [6.07, 6.45) is 1.02. The molecule has 1 unspecified atom stereocenters. The highest BCUT2D eigenvalue weighted by atomic mass is 16.5. The molecule has 0 fully saturated rings. The second kappa shape index (κ2) is 8.77. The molecule has 0 aliphatic carbocycles. The Balaban J connectivity index is 2.93. The van der Waals surface area contributed by atoms with Crippen LogP contribution in [0.2, 0.25) is 0 Å². The van der Waals surface area contributed by atoms with Gasteiger partial charge in [-0.05, 0) is 19.0 Å². The van der Waals surface area contributed by atoms with E-state index in [-0.39, 0.29) is 6.04 Å². The summed E-state index contributed by atoms with van der Waals surface area (Å²) in [7, 11) is 3.31. The van der Waals surface area contributed by atoms with Crippen molar-refractivity contribution < 1.29 is 14.2 Å². The van der Waals surface area contributed by atoms with Crippen molar-refractivity contribution >= 4 is 0 Å². The van der Waals surface area contributed by atoms with Crippen molar-refractivity contribution in [1.82, 2.24) is 5.32 Å². The average Bonchev–Trinajstić information content (AvgIpc) is 2.45. The maximum atomic E-state index is 5.67. The van der Waals surface area contributed by atoms with Gasteiger partial charge in [-0.2, -0.15) is 0 Å². The van der Waals surface area contributed by atoms with E-state index in [0.717, 1.165) is 36.6 Å². The van der Waals surface area contributed by atoms with Crippen molar-refractivity contribution in [2.75, 3.05) is 34.0 Å². The minimum Gasteiger partial charge on any atom is -0.493 e. The number of rotatable bonds is 9. The molecule has 108 valence electrons. The van der Waals surface area contributed by atoms with Gasteiger partial charge in [0.15, 0.2) is 11.5 Å². The van der Waals surface area contributed by atoms with Crippen LogP contribution < -0.4 is 14.8 Å². The van der Waals surface area contributed by atoms with E-state index < -0.39 is 0 Å². The summed E-state index contributed by atoms with van der Waals surface area (Å²) in [5, 5.41) is 3.42. The Hall–Kier alpha value is -1.26. The number of para-hydroxylation sites is 1. The largest absolute Gasteiger partial charge is 0.493 e. The molecule has 0 bridgehead atoms. The second-order valence-corrected chi connectivity index (χ2v) is 4.27. The molecule has 1 aromatic rings. The Morgan fingerprint density at radius 3 is 2.53 bits per heavy atom. The molecule has 1 atom stereocenters. The van der Waals surface area contributed by atoms with Crippen molar-refractivity contribution in [1.29, 1.82) is 0 Å². The number of ether oxygens (including phenoxy) is 3. The minimum atomic E-state index is 0.113. The molecule has 0 saturated heterocycles. The lowest BCUT2D eigenvalue weighted by molar-refractivity contribution is 0.111. The Morgan fingerprint density at radius 2 is 1.95 bits per heavy atom. The van der Waals surface area contributed by atoms with Gasteiger partial charge < -0.3 is 19.5 Å². The van der Waals surface area contributed by atoms with Crippen molar-refractivity contribution in [3.63, 3.8) is 0 Å². The molecule has 0 aromatic heterocycles. The molecular formula is C15H25NO3. The van der Waals surface area contributed by atoms with Crippen LogP contribution in [0, 0.1) is 0 Å². The van der Waals surface area contributed by atoms with Crippen molar-refractivity contribution in [3.05, 3.63) is 23.8 Å². The van der Waals surface area contributed by atoms with E-state index in [1.54, 1.807) is 14.2 Å². The number of hydrogen-bond acceptors (Lipinski definition) is 4. The fourth-order valence-corrected chi connectivity index (χ4v) is 2.04. The van der Waals surface area contributed by atoms with Crippen molar-refractivity contribution in [2.24, 2.45) is 0 Å². The number of methoxy groups -OCH3 is 2. The minimum absolute atomic E-state index is 0.113. The summed E-state index contributed by atoms with van der Waals surface area (Å²) in [6.45, 7) is 6.47. The first-order valence-corrected chi connectivity index (χ1v) is 6.80. The summed E-state index contributed by atoms with van der Waals surface area (Å²) >= 11 is 0. The molecule has 4 nitrogen and oxygen atoms in total. The van der Waals surface area contributed by atoms with Gasteiger partial charge in [-0.25, -0.2) is 0 Å². The summed E-state index contributed by atoms with van der Waals surface area (Å²) < 4.78 is 16.5. The van der Waals surface area contributed by atoms with Crippen LogP contribution in [0.25, 0.3) is 0 Å². The van der Waals surface area contributed by atoms with E-state index in [2.05, 4.69) is 19.2 Å². The number of likely N-dealkylation sites (N-methyl/N-ethyl adjacent to an activating group) is 1. The first kappa shape index (κ1) is 15.8. The van der Waals surface area contributed by atoms with Gasteiger partial charge in [-0.15, -0.1) is 0 Å². The summed E-state index contributed by atoms with van der Waals surface area (Å²) in [6, 6.07) is 6.03. The third kappa shape index (κ3) is 4.40. The molecule has 4 heteroatoms. The number of benzene rings is 1. The molecule has 0 amide bonds. The number of hydrogen-bond donors (Lipinski definition) is 1. The highest BCUT2D eigenvalue weighted by Gasteiger charge is 2.18. The maximum Gasteiger partial charge on any atom is 0.165 e. The van der Waals surface area contributed by atoms with Crippen LogP contribution in [0.15, 0.2) is 18.2 Å². The van der Waals surface area contributed by atoms with Crippen LogP contribution in [0.5, 0.6) is 11.5 Å². The molecule has 0 spiro atoms. The average molecular weight is 267 g/mol. The lowest BCUT2D eigenvalue weighted by Crippen LogP contribution is -2.26. The van der Waals surface area contributed by atoms with Crippen LogP contribution in [0.3, 0.4) is 0 Å². The molecule has 0 aliphatic rings. The Kier molecular flexibility index (Phi) is 7.30.